The van der Waals surface area contributed by atoms with E-state index in [2.05, 4.69) is 14.9 Å². The second-order valence-corrected chi connectivity index (χ2v) is 8.96. The van der Waals surface area contributed by atoms with E-state index in [-0.39, 0.29) is 17.9 Å². The largest absolute Gasteiger partial charge is 0.337 e. The maximum absolute atomic E-state index is 13.2. The summed E-state index contributed by atoms with van der Waals surface area (Å²) in [6.07, 6.45) is 2.59. The number of sulfonamides is 1. The van der Waals surface area contributed by atoms with Crippen LogP contribution >= 0.6 is 0 Å². The Balaban J connectivity index is 1.95. The third kappa shape index (κ3) is 3.88. The number of hydrogen-bond acceptors (Lipinski definition) is 6. The molecule has 1 aliphatic rings. The minimum absolute atomic E-state index is 0.136. The summed E-state index contributed by atoms with van der Waals surface area (Å²) in [5.74, 6) is -0.0111. The van der Waals surface area contributed by atoms with E-state index in [0.717, 1.165) is 18.4 Å². The summed E-state index contributed by atoms with van der Waals surface area (Å²) in [6.45, 7) is 6.71. The van der Waals surface area contributed by atoms with Gasteiger partial charge in [0.1, 0.15) is 0 Å². The Labute approximate surface area is 153 Å². The van der Waals surface area contributed by atoms with Crippen molar-refractivity contribution in [3.63, 3.8) is 0 Å². The quantitative estimate of drug-likeness (QED) is 0.867. The van der Waals surface area contributed by atoms with Gasteiger partial charge in [-0.15, -0.1) is 0 Å². The molecule has 2 aromatic rings. The van der Waals surface area contributed by atoms with E-state index >= 15 is 0 Å². The molecule has 142 valence electrons. The van der Waals surface area contributed by atoms with Crippen LogP contribution < -0.4 is 4.72 Å². The fourth-order valence-electron chi connectivity index (χ4n) is 3.31. The van der Waals surface area contributed by atoms with Crippen molar-refractivity contribution in [3.8, 4) is 0 Å². The number of pyridine rings is 1. The van der Waals surface area contributed by atoms with Gasteiger partial charge >= 0.3 is 0 Å². The molecule has 26 heavy (non-hydrogen) atoms. The highest BCUT2D eigenvalue weighted by molar-refractivity contribution is 7.88. The lowest BCUT2D eigenvalue weighted by atomic mass is 10.0. The SMILES string of the molecule is Cc1noc2nc(C(C)C)cc(C(=O)N3CCCC(NS(C)(=O)=O)C3)c12. The molecule has 0 aromatic carbocycles. The Kier molecular flexibility index (Phi) is 5.03. The van der Waals surface area contributed by atoms with Crippen molar-refractivity contribution in [1.29, 1.82) is 0 Å². The number of fused-ring (bicyclic) bond motifs is 1. The lowest BCUT2D eigenvalue weighted by Crippen LogP contribution is -2.49. The zero-order valence-electron chi connectivity index (χ0n) is 15.4. The van der Waals surface area contributed by atoms with Gasteiger partial charge in [0.15, 0.2) is 0 Å². The van der Waals surface area contributed by atoms with Crippen molar-refractivity contribution in [3.05, 3.63) is 23.0 Å². The number of carbonyl (C=O) groups excluding carboxylic acids is 1. The average Bonchev–Trinajstić information content (AvgIpc) is 2.93. The van der Waals surface area contributed by atoms with E-state index < -0.39 is 10.0 Å². The van der Waals surface area contributed by atoms with E-state index in [9.17, 15) is 13.2 Å². The molecule has 3 heterocycles. The molecule has 2 aromatic heterocycles. The van der Waals surface area contributed by atoms with Gasteiger partial charge in [0, 0.05) is 24.8 Å². The molecule has 0 aliphatic carbocycles. The lowest BCUT2D eigenvalue weighted by Gasteiger charge is -2.33. The number of likely N-dealkylation sites (tertiary alicyclic amines) is 1. The fourth-order valence-corrected chi connectivity index (χ4v) is 4.11. The first-order valence-electron chi connectivity index (χ1n) is 8.69. The average molecular weight is 380 g/mol. The molecule has 0 spiro atoms. The molecule has 0 radical (unpaired) electrons. The Morgan fingerprint density at radius 3 is 2.81 bits per heavy atom. The molecule has 1 N–H and O–H groups in total. The van der Waals surface area contributed by atoms with Crippen LogP contribution in [0.1, 0.15) is 54.4 Å². The predicted octanol–water partition coefficient (Wildman–Crippen LogP) is 1.81. The summed E-state index contributed by atoms with van der Waals surface area (Å²) in [5, 5.41) is 4.57. The molecule has 1 aliphatic heterocycles. The molecule has 1 saturated heterocycles. The summed E-state index contributed by atoms with van der Waals surface area (Å²) in [4.78, 5) is 19.3. The summed E-state index contributed by atoms with van der Waals surface area (Å²) < 4.78 is 30.9. The number of aromatic nitrogens is 2. The highest BCUT2D eigenvalue weighted by atomic mass is 32.2. The minimum Gasteiger partial charge on any atom is -0.337 e. The molecule has 0 bridgehead atoms. The van der Waals surface area contributed by atoms with Gasteiger partial charge in [-0.2, -0.15) is 0 Å². The number of aryl methyl sites for hydroxylation is 1. The van der Waals surface area contributed by atoms with Crippen molar-refractivity contribution in [1.82, 2.24) is 19.8 Å². The summed E-state index contributed by atoms with van der Waals surface area (Å²) in [6, 6.07) is 1.53. The van der Waals surface area contributed by atoms with Crippen LogP contribution in [0.25, 0.3) is 11.1 Å². The van der Waals surface area contributed by atoms with E-state index in [1.165, 1.54) is 0 Å². The van der Waals surface area contributed by atoms with Gasteiger partial charge in [-0.25, -0.2) is 18.1 Å². The van der Waals surface area contributed by atoms with Crippen molar-refractivity contribution in [2.24, 2.45) is 0 Å². The number of hydrogen-bond donors (Lipinski definition) is 1. The lowest BCUT2D eigenvalue weighted by molar-refractivity contribution is 0.0705. The third-order valence-corrected chi connectivity index (χ3v) is 5.31. The van der Waals surface area contributed by atoms with Crippen LogP contribution in [0.5, 0.6) is 0 Å². The van der Waals surface area contributed by atoms with Crippen LogP contribution in [-0.2, 0) is 10.0 Å². The maximum Gasteiger partial charge on any atom is 0.259 e. The molecular formula is C17H24N4O4S. The van der Waals surface area contributed by atoms with Crippen LogP contribution in [-0.4, -0.2) is 54.8 Å². The molecule has 8 nitrogen and oxygen atoms in total. The summed E-state index contributed by atoms with van der Waals surface area (Å²) >= 11 is 0. The first kappa shape index (κ1) is 18.8. The monoisotopic (exact) mass is 380 g/mol. The van der Waals surface area contributed by atoms with E-state index in [0.29, 0.717) is 41.9 Å². The van der Waals surface area contributed by atoms with Gasteiger partial charge in [-0.3, -0.25) is 4.79 Å². The molecule has 1 amide bonds. The van der Waals surface area contributed by atoms with Crippen LogP contribution in [0, 0.1) is 6.92 Å². The normalized spacial score (nSPS) is 18.7. The number of rotatable bonds is 4. The first-order chi connectivity index (χ1) is 12.2. The fraction of sp³-hybridized carbons (Fsp3) is 0.588. The minimum atomic E-state index is -3.31. The van der Waals surface area contributed by atoms with Gasteiger partial charge in [0.2, 0.25) is 10.0 Å². The van der Waals surface area contributed by atoms with Crippen molar-refractivity contribution in [2.75, 3.05) is 19.3 Å². The van der Waals surface area contributed by atoms with Crippen LogP contribution in [0.15, 0.2) is 10.6 Å². The second kappa shape index (κ2) is 6.96. The Hall–Kier alpha value is -2.00. The summed E-state index contributed by atoms with van der Waals surface area (Å²) in [5.41, 5.74) is 2.26. The smallest absolute Gasteiger partial charge is 0.259 e. The summed E-state index contributed by atoms with van der Waals surface area (Å²) in [7, 11) is -3.31. The standard InChI is InChI=1S/C17H24N4O4S/c1-10(2)14-8-13(15-11(3)19-25-16(15)18-14)17(22)21-7-5-6-12(9-21)20-26(4,23)24/h8,10,12,20H,5-7,9H2,1-4H3. The van der Waals surface area contributed by atoms with Crippen LogP contribution in [0.3, 0.4) is 0 Å². The molecular weight excluding hydrogens is 356 g/mol. The number of nitrogens with one attached hydrogen (secondary N) is 1. The molecule has 3 rings (SSSR count). The number of piperidine rings is 1. The van der Waals surface area contributed by atoms with Crippen molar-refractivity contribution < 1.29 is 17.7 Å². The van der Waals surface area contributed by atoms with E-state index in [4.69, 9.17) is 4.52 Å². The Bertz CT molecular complexity index is 936. The third-order valence-electron chi connectivity index (χ3n) is 4.55. The molecule has 1 unspecified atom stereocenters. The molecule has 1 fully saturated rings. The van der Waals surface area contributed by atoms with E-state index in [1.807, 2.05) is 13.8 Å². The molecule has 0 saturated carbocycles. The van der Waals surface area contributed by atoms with Gasteiger partial charge in [0.25, 0.3) is 11.6 Å². The first-order valence-corrected chi connectivity index (χ1v) is 10.6. The number of carbonyl (C=O) groups is 1. The zero-order chi connectivity index (χ0) is 19.1. The van der Waals surface area contributed by atoms with Crippen molar-refractivity contribution >= 4 is 27.0 Å². The topological polar surface area (TPSA) is 105 Å². The van der Waals surface area contributed by atoms with Gasteiger partial charge in [-0.05, 0) is 31.7 Å². The Morgan fingerprint density at radius 2 is 2.15 bits per heavy atom. The van der Waals surface area contributed by atoms with Crippen LogP contribution in [0.2, 0.25) is 0 Å². The highest BCUT2D eigenvalue weighted by Crippen LogP contribution is 2.27. The number of nitrogens with zero attached hydrogens (tertiary/aromatic N) is 3. The maximum atomic E-state index is 13.2. The molecule has 9 heteroatoms. The predicted molar refractivity (Wildman–Crippen MR) is 97.5 cm³/mol. The van der Waals surface area contributed by atoms with Crippen molar-refractivity contribution in [2.45, 2.75) is 45.6 Å². The second-order valence-electron chi connectivity index (χ2n) is 7.18. The van der Waals surface area contributed by atoms with Gasteiger partial charge in [-0.1, -0.05) is 19.0 Å². The highest BCUT2D eigenvalue weighted by Gasteiger charge is 2.29. The number of amides is 1. The van der Waals surface area contributed by atoms with Gasteiger partial charge in [0.05, 0.1) is 22.9 Å². The Morgan fingerprint density at radius 1 is 1.42 bits per heavy atom. The zero-order valence-corrected chi connectivity index (χ0v) is 16.3. The van der Waals surface area contributed by atoms with Gasteiger partial charge < -0.3 is 9.42 Å². The van der Waals surface area contributed by atoms with E-state index in [1.54, 1.807) is 17.9 Å². The van der Waals surface area contributed by atoms with Crippen LogP contribution in [0.4, 0.5) is 0 Å². The molecule has 1 atom stereocenters.